The van der Waals surface area contributed by atoms with Gasteiger partial charge in [-0.3, -0.25) is 15.5 Å². The highest BCUT2D eigenvalue weighted by Gasteiger charge is 2.98. The summed E-state index contributed by atoms with van der Waals surface area (Å²) < 4.78 is 0. The number of benzene rings is 3. The SMILES string of the molecule is c1ccc(CN[C@]23[C@@H]4[C@H]5[C@@H]6C[C@@H]7[C@H]5[C@H]4[C@@](NCc4ccccc4)([C@H]7[C@H]62)N3Cc2ccccc2)cc1. The average molecular weight is 460 g/mol. The Morgan fingerprint density at radius 2 is 1.00 bits per heavy atom. The maximum atomic E-state index is 4.32. The van der Waals surface area contributed by atoms with Gasteiger partial charge in [-0.15, -0.1) is 0 Å². The van der Waals surface area contributed by atoms with Crippen LogP contribution in [0.2, 0.25) is 0 Å². The molecule has 0 spiro atoms. The number of hydrogen-bond acceptors (Lipinski definition) is 3. The van der Waals surface area contributed by atoms with E-state index in [4.69, 9.17) is 0 Å². The third-order valence-corrected chi connectivity index (χ3v) is 11.4. The second-order valence-electron chi connectivity index (χ2n) is 12.2. The van der Waals surface area contributed by atoms with Crippen LogP contribution in [-0.4, -0.2) is 16.2 Å². The smallest absolute Gasteiger partial charge is 0.0804 e. The average Bonchev–Trinajstić information content (AvgIpc) is 3.56. The van der Waals surface area contributed by atoms with Crippen LogP contribution in [0.1, 0.15) is 23.1 Å². The molecule has 0 amide bonds. The molecule has 3 aromatic rings. The molecule has 10 atom stereocenters. The monoisotopic (exact) mass is 459 g/mol. The summed E-state index contributed by atoms with van der Waals surface area (Å²) in [6.45, 7) is 2.99. The summed E-state index contributed by atoms with van der Waals surface area (Å²) in [7, 11) is 0. The molecule has 7 fully saturated rings. The Bertz CT molecular complexity index is 1190. The van der Waals surface area contributed by atoms with Crippen LogP contribution < -0.4 is 10.6 Å². The van der Waals surface area contributed by atoms with E-state index >= 15 is 0 Å². The van der Waals surface area contributed by atoms with E-state index in [1.165, 1.54) is 23.1 Å². The molecule has 176 valence electrons. The van der Waals surface area contributed by atoms with Crippen LogP contribution in [-0.2, 0) is 19.6 Å². The molecule has 4 bridgehead atoms. The van der Waals surface area contributed by atoms with Gasteiger partial charge in [-0.2, -0.15) is 0 Å². The summed E-state index contributed by atoms with van der Waals surface area (Å²) in [6, 6.07) is 33.4. The van der Waals surface area contributed by atoms with E-state index in [-0.39, 0.29) is 11.3 Å². The van der Waals surface area contributed by atoms with Crippen molar-refractivity contribution in [2.24, 2.45) is 47.3 Å². The van der Waals surface area contributed by atoms with Crippen molar-refractivity contribution in [1.29, 1.82) is 0 Å². The molecule has 7 aliphatic rings. The summed E-state index contributed by atoms with van der Waals surface area (Å²) in [5.74, 6) is 7.04. The Balaban J connectivity index is 1.16. The standard InChI is InChI=1S/C32H33N3/c1-4-10-20(11-5-1)17-33-31-27-23-16-24-26-25(23)29(31)30(26)32(28(24)27,34-18-21-12-6-2-7-13-21)35(31)19-22-14-8-3-9-15-22/h1-15,23-30,33-34H,16-19H2/t23-,24+,25-,26+,27-,28+,29-,30-,31-,32-/m1/s1. The molecule has 0 unspecified atom stereocenters. The highest BCUT2D eigenvalue weighted by molar-refractivity contribution is 5.47. The molecule has 2 saturated heterocycles. The van der Waals surface area contributed by atoms with E-state index in [0.29, 0.717) is 0 Å². The number of rotatable bonds is 8. The maximum Gasteiger partial charge on any atom is 0.0804 e. The van der Waals surface area contributed by atoms with E-state index in [1.807, 2.05) is 0 Å². The van der Waals surface area contributed by atoms with Crippen LogP contribution in [0.4, 0.5) is 0 Å². The van der Waals surface area contributed by atoms with Crippen molar-refractivity contribution in [3.63, 3.8) is 0 Å². The minimum absolute atomic E-state index is 0.141. The fraction of sp³-hybridized carbons (Fsp3) is 0.438. The van der Waals surface area contributed by atoms with E-state index < -0.39 is 0 Å². The minimum Gasteiger partial charge on any atom is -0.294 e. The van der Waals surface area contributed by atoms with Gasteiger partial charge in [0.2, 0.25) is 0 Å². The van der Waals surface area contributed by atoms with Gasteiger partial charge in [0.15, 0.2) is 0 Å². The Labute approximate surface area is 207 Å². The van der Waals surface area contributed by atoms with E-state index in [9.17, 15) is 0 Å². The van der Waals surface area contributed by atoms with Gasteiger partial charge in [-0.1, -0.05) is 91.0 Å². The van der Waals surface area contributed by atoms with Gasteiger partial charge >= 0.3 is 0 Å². The zero-order valence-electron chi connectivity index (χ0n) is 20.1. The molecule has 0 aromatic heterocycles. The predicted octanol–water partition coefficient (Wildman–Crippen LogP) is 4.86. The Kier molecular flexibility index (Phi) is 3.74. The van der Waals surface area contributed by atoms with Crippen molar-refractivity contribution in [2.75, 3.05) is 0 Å². The molecule has 5 saturated carbocycles. The molecule has 5 aliphatic carbocycles. The molecular formula is C32H33N3. The van der Waals surface area contributed by atoms with Crippen molar-refractivity contribution >= 4 is 0 Å². The lowest BCUT2D eigenvalue weighted by Gasteiger charge is -2.49. The van der Waals surface area contributed by atoms with Crippen molar-refractivity contribution in [3.05, 3.63) is 108 Å². The highest BCUT2D eigenvalue weighted by Crippen LogP contribution is 2.92. The Morgan fingerprint density at radius 3 is 1.46 bits per heavy atom. The van der Waals surface area contributed by atoms with E-state index in [0.717, 1.165) is 67.0 Å². The molecule has 2 N–H and O–H groups in total. The lowest BCUT2D eigenvalue weighted by atomic mass is 9.57. The maximum absolute atomic E-state index is 4.32. The van der Waals surface area contributed by atoms with E-state index in [1.54, 1.807) is 0 Å². The van der Waals surface area contributed by atoms with Crippen LogP contribution in [0.25, 0.3) is 0 Å². The first kappa shape index (κ1) is 19.7. The van der Waals surface area contributed by atoms with Crippen molar-refractivity contribution in [1.82, 2.24) is 15.5 Å². The molecule has 3 nitrogen and oxygen atoms in total. The summed E-state index contributed by atoms with van der Waals surface area (Å²) >= 11 is 0. The lowest BCUT2D eigenvalue weighted by molar-refractivity contribution is -0.00775. The van der Waals surface area contributed by atoms with Gasteiger partial charge < -0.3 is 0 Å². The molecule has 2 heterocycles. The second kappa shape index (κ2) is 6.64. The van der Waals surface area contributed by atoms with Crippen LogP contribution in [0.3, 0.4) is 0 Å². The highest BCUT2D eigenvalue weighted by atomic mass is 15.5. The number of hydrogen-bond donors (Lipinski definition) is 2. The van der Waals surface area contributed by atoms with Crippen LogP contribution in [0.15, 0.2) is 91.0 Å². The van der Waals surface area contributed by atoms with Gasteiger partial charge in [0, 0.05) is 43.3 Å². The van der Waals surface area contributed by atoms with Gasteiger partial charge in [-0.25, -0.2) is 0 Å². The fourth-order valence-corrected chi connectivity index (χ4v) is 11.0. The van der Waals surface area contributed by atoms with Crippen molar-refractivity contribution < 1.29 is 0 Å². The third-order valence-electron chi connectivity index (χ3n) is 11.4. The molecular weight excluding hydrogens is 426 g/mol. The number of nitrogens with one attached hydrogen (secondary N) is 2. The van der Waals surface area contributed by atoms with Crippen molar-refractivity contribution in [2.45, 2.75) is 37.4 Å². The summed E-state index contributed by atoms with van der Waals surface area (Å²) in [4.78, 5) is 3.00. The molecule has 0 radical (unpaired) electrons. The summed E-state index contributed by atoms with van der Waals surface area (Å²) in [5, 5.41) is 8.64. The minimum atomic E-state index is 0.141. The van der Waals surface area contributed by atoms with Crippen LogP contribution in [0, 0.1) is 47.3 Å². The zero-order chi connectivity index (χ0) is 22.8. The van der Waals surface area contributed by atoms with Crippen molar-refractivity contribution in [3.8, 4) is 0 Å². The first-order valence-electron chi connectivity index (χ1n) is 13.7. The second-order valence-corrected chi connectivity index (χ2v) is 12.2. The molecule has 10 rings (SSSR count). The predicted molar refractivity (Wildman–Crippen MR) is 137 cm³/mol. The summed E-state index contributed by atoms with van der Waals surface area (Å²) in [5.41, 5.74) is 4.56. The zero-order valence-corrected chi connectivity index (χ0v) is 20.1. The van der Waals surface area contributed by atoms with E-state index in [2.05, 4.69) is 107 Å². The first-order valence-corrected chi connectivity index (χ1v) is 13.7. The third kappa shape index (κ3) is 2.13. The van der Waals surface area contributed by atoms with Gasteiger partial charge in [0.25, 0.3) is 0 Å². The largest absolute Gasteiger partial charge is 0.294 e. The Morgan fingerprint density at radius 1 is 0.571 bits per heavy atom. The first-order chi connectivity index (χ1) is 17.3. The normalized spacial score (nSPS) is 44.6. The van der Waals surface area contributed by atoms with Gasteiger partial charge in [-0.05, 0) is 46.8 Å². The summed E-state index contributed by atoms with van der Waals surface area (Å²) in [6.07, 6.45) is 1.50. The molecule has 35 heavy (non-hydrogen) atoms. The topological polar surface area (TPSA) is 27.3 Å². The quantitative estimate of drug-likeness (QED) is 0.504. The van der Waals surface area contributed by atoms with Gasteiger partial charge in [0.1, 0.15) is 0 Å². The molecule has 3 aromatic carbocycles. The fourth-order valence-electron chi connectivity index (χ4n) is 11.0. The number of nitrogens with zero attached hydrogens (tertiary/aromatic N) is 1. The Hall–Kier alpha value is -2.46. The van der Waals surface area contributed by atoms with Gasteiger partial charge in [0.05, 0.1) is 11.3 Å². The van der Waals surface area contributed by atoms with Crippen LogP contribution >= 0.6 is 0 Å². The lowest BCUT2D eigenvalue weighted by Crippen LogP contribution is -2.61. The van der Waals surface area contributed by atoms with Crippen LogP contribution in [0.5, 0.6) is 0 Å². The molecule has 2 aliphatic heterocycles. The molecule has 3 heteroatoms.